The van der Waals surface area contributed by atoms with Crippen LogP contribution in [0.3, 0.4) is 0 Å². The first-order chi connectivity index (χ1) is 30.1. The highest BCUT2D eigenvalue weighted by Gasteiger charge is 2.29. The Balaban J connectivity index is 1.45. The van der Waals surface area contributed by atoms with Crippen molar-refractivity contribution in [3.05, 3.63) is 162 Å². The van der Waals surface area contributed by atoms with Crippen molar-refractivity contribution in [2.45, 2.75) is 78.6 Å². The van der Waals surface area contributed by atoms with Crippen molar-refractivity contribution in [1.29, 1.82) is 0 Å². The number of hydrogen-bond donors (Lipinski definition) is 0. The Morgan fingerprint density at radius 1 is 0.344 bits per heavy atom. The summed E-state index contributed by atoms with van der Waals surface area (Å²) < 4.78 is 0. The lowest BCUT2D eigenvalue weighted by Gasteiger charge is -2.32. The SMILES string of the molecule is [C-]#[N+]c1ccc(N(c2cc([Si](C)(C)C)cc([Si](C)(C)C)c2)c2ccc3ccc4c(N(c5cc([Si](C)(C)C)cc([Si](C)(C)C)c5)c5ccc([N+]#[C-])c([N+]#[C-])c5)ccc5ccc2c3c54)cc1. The van der Waals surface area contributed by atoms with Crippen LogP contribution in [0.15, 0.2) is 127 Å². The van der Waals surface area contributed by atoms with Crippen LogP contribution < -0.4 is 30.5 Å². The smallest absolute Gasteiger partial charge is 0.196 e. The summed E-state index contributed by atoms with van der Waals surface area (Å²) in [7, 11) is -7.02. The maximum Gasteiger partial charge on any atom is 0.196 e. The third kappa shape index (κ3) is 8.20. The molecular weight excluding hydrogens is 843 g/mol. The molecule has 0 unspecified atom stereocenters. The van der Waals surface area contributed by atoms with Gasteiger partial charge < -0.3 is 9.80 Å². The number of hydrogen-bond acceptors (Lipinski definition) is 2. The summed E-state index contributed by atoms with van der Waals surface area (Å²) in [6, 6.07) is 46.5. The van der Waals surface area contributed by atoms with Crippen LogP contribution in [0.4, 0.5) is 51.2 Å². The number of nitrogens with zero attached hydrogens (tertiary/aromatic N) is 5. The van der Waals surface area contributed by atoms with Crippen LogP contribution in [0.5, 0.6) is 0 Å². The molecule has 0 fully saturated rings. The van der Waals surface area contributed by atoms with Crippen LogP contribution in [0.2, 0.25) is 78.6 Å². The quantitative estimate of drug-likeness (QED) is 0.0774. The van der Waals surface area contributed by atoms with Crippen LogP contribution >= 0.6 is 0 Å². The minimum absolute atomic E-state index is 0.353. The lowest BCUT2D eigenvalue weighted by molar-refractivity contribution is 1.30. The summed E-state index contributed by atoms with van der Waals surface area (Å²) in [6.45, 7) is 52.7. The van der Waals surface area contributed by atoms with Crippen molar-refractivity contribution in [3.63, 3.8) is 0 Å². The molecule has 0 aliphatic heterocycles. The molecule has 0 aliphatic rings. The van der Waals surface area contributed by atoms with Crippen LogP contribution in [0.1, 0.15) is 0 Å². The van der Waals surface area contributed by atoms with Gasteiger partial charge in [0.25, 0.3) is 0 Å². The zero-order chi connectivity index (χ0) is 46.1. The Labute approximate surface area is 384 Å². The summed E-state index contributed by atoms with van der Waals surface area (Å²) >= 11 is 0. The molecule has 0 N–H and O–H groups in total. The van der Waals surface area contributed by atoms with Gasteiger partial charge in [-0.3, -0.25) is 9.69 Å². The molecule has 64 heavy (non-hydrogen) atoms. The molecule has 5 nitrogen and oxygen atoms in total. The molecule has 8 rings (SSSR count). The number of rotatable bonds is 10. The zero-order valence-corrected chi connectivity index (χ0v) is 43.4. The average Bonchev–Trinajstić information content (AvgIpc) is 3.25. The standard InChI is InChI=1S/C55H57N5Si4/c1-56-39-20-22-40(23-21-39)59(42-30-44(61(4,5)6)35-45(31-42)62(7,8)9)52-28-18-37-17-26-49-53(29-19-38-16-25-48(52)54(37)55(38)49)60(41-24-27-50(57-2)51(34-41)58-3)43-32-46(63(10,11)12)36-47(33-43)64(13,14)15/h16-36H,4-15H3. The number of anilines is 6. The molecule has 0 amide bonds. The summed E-state index contributed by atoms with van der Waals surface area (Å²) in [4.78, 5) is 16.1. The fourth-order valence-corrected chi connectivity index (χ4v) is 13.7. The number of benzene rings is 8. The minimum atomic E-state index is -1.78. The highest BCUT2D eigenvalue weighted by Crippen LogP contribution is 2.48. The van der Waals surface area contributed by atoms with Crippen molar-refractivity contribution in [1.82, 2.24) is 0 Å². The molecule has 0 saturated carbocycles. The van der Waals surface area contributed by atoms with Crippen molar-refractivity contribution in [2.24, 2.45) is 0 Å². The predicted molar refractivity (Wildman–Crippen MR) is 290 cm³/mol. The Kier molecular flexibility index (Phi) is 11.1. The van der Waals surface area contributed by atoms with Crippen LogP contribution in [-0.2, 0) is 0 Å². The van der Waals surface area contributed by atoms with E-state index in [-0.39, 0.29) is 0 Å². The molecule has 0 bridgehead atoms. The fraction of sp³-hybridized carbons (Fsp3) is 0.218. The van der Waals surface area contributed by atoms with Gasteiger partial charge in [-0.1, -0.05) is 172 Å². The van der Waals surface area contributed by atoms with Gasteiger partial charge >= 0.3 is 0 Å². The molecule has 0 heterocycles. The average molecular weight is 900 g/mol. The van der Waals surface area contributed by atoms with Crippen molar-refractivity contribution in [3.8, 4) is 0 Å². The van der Waals surface area contributed by atoms with Crippen LogP contribution in [0.25, 0.3) is 46.9 Å². The molecule has 0 radical (unpaired) electrons. The molecule has 0 aliphatic carbocycles. The lowest BCUT2D eigenvalue weighted by atomic mass is 9.91. The molecular formula is C55H57N5Si4. The van der Waals surface area contributed by atoms with E-state index in [2.05, 4.69) is 200 Å². The van der Waals surface area contributed by atoms with E-state index < -0.39 is 32.3 Å². The van der Waals surface area contributed by atoms with Crippen molar-refractivity contribution >= 4 is 137 Å². The molecule has 8 aromatic rings. The molecule has 0 atom stereocenters. The second kappa shape index (κ2) is 16.1. The second-order valence-corrected chi connectivity index (χ2v) is 41.6. The monoisotopic (exact) mass is 899 g/mol. The van der Waals surface area contributed by atoms with E-state index in [4.69, 9.17) is 19.7 Å². The van der Waals surface area contributed by atoms with Gasteiger partial charge in [-0.2, -0.15) is 0 Å². The van der Waals surface area contributed by atoms with Gasteiger partial charge in [-0.25, -0.2) is 4.85 Å². The Hall–Kier alpha value is -6.26. The third-order valence-corrected chi connectivity index (χ3v) is 20.7. The van der Waals surface area contributed by atoms with Gasteiger partial charge in [0.05, 0.1) is 63.4 Å². The Morgan fingerprint density at radius 3 is 1.09 bits per heavy atom. The zero-order valence-electron chi connectivity index (χ0n) is 39.4. The van der Waals surface area contributed by atoms with Crippen LogP contribution in [-0.4, -0.2) is 32.3 Å². The topological polar surface area (TPSA) is 19.6 Å². The van der Waals surface area contributed by atoms with E-state index in [0.717, 1.165) is 50.3 Å². The normalized spacial score (nSPS) is 12.3. The van der Waals surface area contributed by atoms with E-state index in [1.165, 1.54) is 36.9 Å². The summed E-state index contributed by atoms with van der Waals surface area (Å²) in [5.41, 5.74) is 7.56. The van der Waals surface area contributed by atoms with Gasteiger partial charge in [-0.15, -0.1) is 0 Å². The molecule has 318 valence electrons. The lowest BCUT2D eigenvalue weighted by Crippen LogP contribution is -2.45. The van der Waals surface area contributed by atoms with E-state index in [9.17, 15) is 0 Å². The first-order valence-electron chi connectivity index (χ1n) is 22.1. The third-order valence-electron chi connectivity index (χ3n) is 12.6. The Bertz CT molecular complexity index is 3190. The maximum atomic E-state index is 8.08. The van der Waals surface area contributed by atoms with E-state index >= 15 is 0 Å². The van der Waals surface area contributed by atoms with Crippen molar-refractivity contribution < 1.29 is 0 Å². The van der Waals surface area contributed by atoms with E-state index in [0.29, 0.717) is 17.1 Å². The van der Waals surface area contributed by atoms with Gasteiger partial charge in [0, 0.05) is 33.5 Å². The minimum Gasteiger partial charge on any atom is -0.311 e. The molecule has 0 aromatic heterocycles. The van der Waals surface area contributed by atoms with E-state index in [1.54, 1.807) is 6.07 Å². The summed E-state index contributed by atoms with van der Waals surface area (Å²) in [6.07, 6.45) is 0. The van der Waals surface area contributed by atoms with Gasteiger partial charge in [-0.05, 0) is 76.1 Å². The predicted octanol–water partition coefficient (Wildman–Crippen LogP) is 15.4. The molecule has 9 heteroatoms. The largest absolute Gasteiger partial charge is 0.311 e. The summed E-state index contributed by atoms with van der Waals surface area (Å²) in [5.74, 6) is 0. The summed E-state index contributed by atoms with van der Waals surface area (Å²) in [5, 5.41) is 12.7. The van der Waals surface area contributed by atoms with Gasteiger partial charge in [0.2, 0.25) is 0 Å². The van der Waals surface area contributed by atoms with E-state index in [1.807, 2.05) is 24.3 Å². The Morgan fingerprint density at radius 2 is 0.719 bits per heavy atom. The fourth-order valence-electron chi connectivity index (χ4n) is 8.74. The van der Waals surface area contributed by atoms with Gasteiger partial charge in [0.1, 0.15) is 0 Å². The first kappa shape index (κ1) is 44.3. The second-order valence-electron chi connectivity index (χ2n) is 21.3. The van der Waals surface area contributed by atoms with Crippen LogP contribution in [0, 0.1) is 19.7 Å². The highest BCUT2D eigenvalue weighted by molar-refractivity contribution is 6.92. The maximum absolute atomic E-state index is 8.08. The highest BCUT2D eigenvalue weighted by atomic mass is 28.3. The van der Waals surface area contributed by atoms with Gasteiger partial charge in [0.15, 0.2) is 17.1 Å². The molecule has 8 aromatic carbocycles. The molecule has 0 spiro atoms. The van der Waals surface area contributed by atoms with Crippen molar-refractivity contribution in [2.75, 3.05) is 9.80 Å². The molecule has 0 saturated heterocycles. The first-order valence-corrected chi connectivity index (χ1v) is 36.1.